The number of rotatable bonds is 6. The molecule has 4 aromatic rings. The van der Waals surface area contributed by atoms with Crippen LogP contribution in [0.4, 0.5) is 11.4 Å². The Labute approximate surface area is 210 Å². The minimum Gasteiger partial charge on any atom is -0.462 e. The molecule has 1 heterocycles. The summed E-state index contributed by atoms with van der Waals surface area (Å²) in [5.41, 5.74) is 8.36. The van der Waals surface area contributed by atoms with Crippen LogP contribution in [-0.2, 0) is 9.53 Å². The van der Waals surface area contributed by atoms with Gasteiger partial charge in [0.15, 0.2) is 0 Å². The lowest BCUT2D eigenvalue weighted by Gasteiger charge is -2.15. The Kier molecular flexibility index (Phi) is 6.37. The van der Waals surface area contributed by atoms with Crippen molar-refractivity contribution in [1.82, 2.24) is 0 Å². The molecule has 1 aliphatic rings. The molecule has 0 aromatic heterocycles. The van der Waals surface area contributed by atoms with Crippen molar-refractivity contribution in [3.05, 3.63) is 119 Å². The highest BCUT2D eigenvalue weighted by Crippen LogP contribution is 2.40. The number of amides is 1. The predicted octanol–water partition coefficient (Wildman–Crippen LogP) is 6.77. The second kappa shape index (κ2) is 9.92. The molecular formula is C31H26N2O3. The summed E-state index contributed by atoms with van der Waals surface area (Å²) in [5.74, 6) is -0.527. The minimum absolute atomic E-state index is 0.165. The molecule has 2 N–H and O–H groups in total. The normalized spacial score (nSPS) is 13.6. The Balaban J connectivity index is 1.57. The number of esters is 1. The van der Waals surface area contributed by atoms with Gasteiger partial charge in [-0.25, -0.2) is 4.79 Å². The van der Waals surface area contributed by atoms with Crippen LogP contribution in [0.2, 0.25) is 0 Å². The van der Waals surface area contributed by atoms with Gasteiger partial charge >= 0.3 is 5.97 Å². The zero-order valence-electron chi connectivity index (χ0n) is 20.2. The monoisotopic (exact) mass is 474 g/mol. The van der Waals surface area contributed by atoms with Gasteiger partial charge in [0.2, 0.25) is 0 Å². The third kappa shape index (κ3) is 4.51. The SMILES string of the molecule is CCOC(=O)c1ccc(N/C(=C2\C(=O)Nc3cc(-c4ccccc4C)ccc32)c2ccccc2)cc1. The lowest BCUT2D eigenvalue weighted by atomic mass is 9.95. The van der Waals surface area contributed by atoms with Gasteiger partial charge in [-0.1, -0.05) is 66.7 Å². The molecule has 0 fully saturated rings. The first-order valence-electron chi connectivity index (χ1n) is 11.9. The predicted molar refractivity (Wildman–Crippen MR) is 145 cm³/mol. The first-order chi connectivity index (χ1) is 17.5. The van der Waals surface area contributed by atoms with E-state index in [-0.39, 0.29) is 11.9 Å². The highest BCUT2D eigenvalue weighted by atomic mass is 16.5. The van der Waals surface area contributed by atoms with Gasteiger partial charge in [-0.3, -0.25) is 4.79 Å². The van der Waals surface area contributed by atoms with Crippen LogP contribution >= 0.6 is 0 Å². The number of benzene rings is 4. The van der Waals surface area contributed by atoms with Crippen LogP contribution in [0.1, 0.15) is 34.0 Å². The molecule has 5 heteroatoms. The number of carbonyl (C=O) groups excluding carboxylic acids is 2. The Morgan fingerprint density at radius 1 is 0.833 bits per heavy atom. The molecule has 5 rings (SSSR count). The zero-order chi connectivity index (χ0) is 25.1. The quantitative estimate of drug-likeness (QED) is 0.239. The maximum Gasteiger partial charge on any atom is 0.338 e. The van der Waals surface area contributed by atoms with Gasteiger partial charge < -0.3 is 15.4 Å². The van der Waals surface area contributed by atoms with Crippen LogP contribution in [0.15, 0.2) is 97.1 Å². The lowest BCUT2D eigenvalue weighted by molar-refractivity contribution is -0.110. The van der Waals surface area contributed by atoms with Crippen molar-refractivity contribution in [2.45, 2.75) is 13.8 Å². The summed E-state index contributed by atoms with van der Waals surface area (Å²) < 4.78 is 5.08. The maximum atomic E-state index is 13.3. The largest absolute Gasteiger partial charge is 0.462 e. The van der Waals surface area contributed by atoms with Gasteiger partial charge in [0.25, 0.3) is 5.91 Å². The van der Waals surface area contributed by atoms with Gasteiger partial charge in [-0.2, -0.15) is 0 Å². The number of anilines is 2. The minimum atomic E-state index is -0.362. The topological polar surface area (TPSA) is 67.4 Å². The fraction of sp³-hybridized carbons (Fsp3) is 0.0968. The Hall–Kier alpha value is -4.64. The van der Waals surface area contributed by atoms with E-state index in [9.17, 15) is 9.59 Å². The van der Waals surface area contributed by atoms with Crippen LogP contribution in [0.5, 0.6) is 0 Å². The third-order valence-electron chi connectivity index (χ3n) is 6.20. The standard InChI is InChI=1S/C31H26N2O3/c1-3-36-31(35)22-13-16-24(17-14-22)32-29(21-10-5-4-6-11-21)28-26-18-15-23(19-27(26)33-30(28)34)25-12-8-7-9-20(25)2/h4-19,32H,3H2,1-2H3,(H,33,34)/b29-28-. The average molecular weight is 475 g/mol. The summed E-state index contributed by atoms with van der Waals surface area (Å²) in [6.07, 6.45) is 0. The smallest absolute Gasteiger partial charge is 0.338 e. The van der Waals surface area contributed by atoms with Crippen molar-refractivity contribution in [3.8, 4) is 11.1 Å². The molecule has 0 unspecified atom stereocenters. The molecule has 4 aromatic carbocycles. The number of ether oxygens (including phenoxy) is 1. The highest BCUT2D eigenvalue weighted by molar-refractivity contribution is 6.37. The van der Waals surface area contributed by atoms with Gasteiger partial charge in [-0.05, 0) is 66.4 Å². The van der Waals surface area contributed by atoms with E-state index in [1.54, 1.807) is 19.1 Å². The molecule has 0 aliphatic carbocycles. The number of nitrogens with one attached hydrogen (secondary N) is 2. The van der Waals surface area contributed by atoms with Crippen LogP contribution in [0, 0.1) is 6.92 Å². The van der Waals surface area contributed by atoms with E-state index >= 15 is 0 Å². The highest BCUT2D eigenvalue weighted by Gasteiger charge is 2.29. The van der Waals surface area contributed by atoms with Crippen LogP contribution < -0.4 is 10.6 Å². The second-order valence-electron chi connectivity index (χ2n) is 8.57. The number of hydrogen-bond acceptors (Lipinski definition) is 4. The zero-order valence-corrected chi connectivity index (χ0v) is 20.2. The molecule has 1 amide bonds. The number of fused-ring (bicyclic) bond motifs is 1. The summed E-state index contributed by atoms with van der Waals surface area (Å²) in [7, 11) is 0. The summed E-state index contributed by atoms with van der Waals surface area (Å²) in [5, 5.41) is 6.48. The molecule has 0 radical (unpaired) electrons. The molecule has 36 heavy (non-hydrogen) atoms. The molecule has 0 spiro atoms. The number of hydrogen-bond donors (Lipinski definition) is 2. The molecule has 0 saturated heterocycles. The van der Waals surface area contributed by atoms with Gasteiger partial charge in [-0.15, -0.1) is 0 Å². The van der Waals surface area contributed by atoms with E-state index in [0.717, 1.165) is 33.6 Å². The van der Waals surface area contributed by atoms with E-state index < -0.39 is 0 Å². The Morgan fingerprint density at radius 3 is 2.28 bits per heavy atom. The second-order valence-corrected chi connectivity index (χ2v) is 8.57. The average Bonchev–Trinajstić information content (AvgIpc) is 3.23. The van der Waals surface area contributed by atoms with Crippen molar-refractivity contribution in [1.29, 1.82) is 0 Å². The molecule has 0 atom stereocenters. The van der Waals surface area contributed by atoms with Crippen molar-refractivity contribution in [2.24, 2.45) is 0 Å². The van der Waals surface area contributed by atoms with E-state index in [4.69, 9.17) is 4.74 Å². The van der Waals surface area contributed by atoms with Crippen LogP contribution in [0.3, 0.4) is 0 Å². The van der Waals surface area contributed by atoms with Crippen LogP contribution in [-0.4, -0.2) is 18.5 Å². The van der Waals surface area contributed by atoms with Gasteiger partial charge in [0, 0.05) is 16.9 Å². The van der Waals surface area contributed by atoms with E-state index in [1.807, 2.05) is 66.7 Å². The summed E-state index contributed by atoms with van der Waals surface area (Å²) in [6.45, 7) is 4.18. The van der Waals surface area contributed by atoms with Crippen LogP contribution in [0.25, 0.3) is 22.4 Å². The van der Waals surface area contributed by atoms with E-state index in [2.05, 4.69) is 35.8 Å². The summed E-state index contributed by atoms with van der Waals surface area (Å²) in [4.78, 5) is 25.3. The molecule has 0 bridgehead atoms. The van der Waals surface area contributed by atoms with E-state index in [0.29, 0.717) is 23.4 Å². The first kappa shape index (κ1) is 23.1. The number of carbonyl (C=O) groups is 2. The molecule has 0 saturated carbocycles. The summed E-state index contributed by atoms with van der Waals surface area (Å²) in [6, 6.07) is 31.1. The molecule has 5 nitrogen and oxygen atoms in total. The fourth-order valence-corrected chi connectivity index (χ4v) is 4.42. The third-order valence-corrected chi connectivity index (χ3v) is 6.20. The first-order valence-corrected chi connectivity index (χ1v) is 11.9. The molecule has 1 aliphatic heterocycles. The molecular weight excluding hydrogens is 448 g/mol. The number of aryl methyl sites for hydroxylation is 1. The van der Waals surface area contributed by atoms with Crippen molar-refractivity contribution in [2.75, 3.05) is 17.2 Å². The van der Waals surface area contributed by atoms with E-state index in [1.165, 1.54) is 5.56 Å². The van der Waals surface area contributed by atoms with Gasteiger partial charge in [0.05, 0.1) is 23.4 Å². The van der Waals surface area contributed by atoms with Gasteiger partial charge in [0.1, 0.15) is 0 Å². The van der Waals surface area contributed by atoms with Crippen molar-refractivity contribution >= 4 is 34.5 Å². The lowest BCUT2D eigenvalue weighted by Crippen LogP contribution is -2.10. The fourth-order valence-electron chi connectivity index (χ4n) is 4.42. The van der Waals surface area contributed by atoms with Crippen molar-refractivity contribution < 1.29 is 14.3 Å². The maximum absolute atomic E-state index is 13.3. The Morgan fingerprint density at radius 2 is 1.56 bits per heavy atom. The van der Waals surface area contributed by atoms with Crippen molar-refractivity contribution in [3.63, 3.8) is 0 Å². The molecule has 178 valence electrons. The Bertz CT molecular complexity index is 1470. The summed E-state index contributed by atoms with van der Waals surface area (Å²) >= 11 is 0.